The van der Waals surface area contributed by atoms with Crippen molar-refractivity contribution in [3.05, 3.63) is 11.8 Å². The number of piperidine rings is 1. The Morgan fingerprint density at radius 2 is 2.10 bits per heavy atom. The quantitative estimate of drug-likeness (QED) is 0.834. The second-order valence-corrected chi connectivity index (χ2v) is 4.53. The van der Waals surface area contributed by atoms with Crippen LogP contribution in [0.4, 0.5) is 19.1 Å². The maximum atomic E-state index is 12.8. The fraction of sp³-hybridized carbons (Fsp3) is 0.583. The zero-order valence-corrected chi connectivity index (χ0v) is 11.1. The molecule has 0 aliphatic carbocycles. The molecule has 1 aliphatic rings. The number of anilines is 1. The van der Waals surface area contributed by atoms with Gasteiger partial charge in [0, 0.05) is 19.0 Å². The third-order valence-electron chi connectivity index (χ3n) is 3.20. The standard InChI is InChI=1S/C12H14F3N3O2/c1-7-8(19)4-3-5-18(7)11-16-9(12(13,14)15)6-10(17-11)20-2/h6-7H,3-5H2,1-2H3/t7-/m0/s1. The lowest BCUT2D eigenvalue weighted by Crippen LogP contribution is -2.45. The van der Waals surface area contributed by atoms with Gasteiger partial charge in [0.25, 0.3) is 0 Å². The molecule has 0 saturated carbocycles. The van der Waals surface area contributed by atoms with Gasteiger partial charge >= 0.3 is 6.18 Å². The van der Waals surface area contributed by atoms with Gasteiger partial charge in [0.05, 0.1) is 13.2 Å². The summed E-state index contributed by atoms with van der Waals surface area (Å²) in [6, 6.07) is 0.205. The first-order chi connectivity index (χ1) is 9.32. The van der Waals surface area contributed by atoms with Gasteiger partial charge in [0.15, 0.2) is 11.5 Å². The van der Waals surface area contributed by atoms with Crippen molar-refractivity contribution < 1.29 is 22.7 Å². The van der Waals surface area contributed by atoms with E-state index in [0.717, 1.165) is 6.07 Å². The zero-order valence-electron chi connectivity index (χ0n) is 11.1. The zero-order chi connectivity index (χ0) is 14.9. The van der Waals surface area contributed by atoms with Crippen LogP contribution in [0.2, 0.25) is 0 Å². The predicted molar refractivity (Wildman–Crippen MR) is 64.6 cm³/mol. The lowest BCUT2D eigenvalue weighted by Gasteiger charge is -2.32. The number of halogens is 3. The Bertz CT molecular complexity index is 519. The summed E-state index contributed by atoms with van der Waals surface area (Å²) in [5.74, 6) is -0.332. The molecule has 1 fully saturated rings. The molecule has 0 spiro atoms. The Labute approximate surface area is 113 Å². The number of ether oxygens (including phenoxy) is 1. The highest BCUT2D eigenvalue weighted by atomic mass is 19.4. The molecule has 0 aromatic carbocycles. The number of carbonyl (C=O) groups excluding carboxylic acids is 1. The third kappa shape index (κ3) is 2.83. The highest BCUT2D eigenvalue weighted by molar-refractivity contribution is 5.87. The van der Waals surface area contributed by atoms with E-state index in [1.165, 1.54) is 12.0 Å². The third-order valence-corrected chi connectivity index (χ3v) is 3.20. The Kier molecular flexibility index (Phi) is 3.82. The van der Waals surface area contributed by atoms with Gasteiger partial charge in [0.1, 0.15) is 0 Å². The van der Waals surface area contributed by atoms with Gasteiger partial charge in [-0.2, -0.15) is 18.2 Å². The molecule has 0 bridgehead atoms. The number of carbonyl (C=O) groups is 1. The van der Waals surface area contributed by atoms with E-state index in [-0.39, 0.29) is 17.6 Å². The summed E-state index contributed by atoms with van der Waals surface area (Å²) in [5.41, 5.74) is -1.08. The minimum Gasteiger partial charge on any atom is -0.481 e. The minimum atomic E-state index is -4.59. The first-order valence-corrected chi connectivity index (χ1v) is 6.12. The Balaban J connectivity index is 2.42. The summed E-state index contributed by atoms with van der Waals surface area (Å²) in [5, 5.41) is 0. The van der Waals surface area contributed by atoms with Gasteiger partial charge in [-0.05, 0) is 13.3 Å². The number of hydrogen-bond donors (Lipinski definition) is 0. The first kappa shape index (κ1) is 14.5. The fourth-order valence-corrected chi connectivity index (χ4v) is 2.06. The molecule has 8 heteroatoms. The topological polar surface area (TPSA) is 55.3 Å². The normalized spacial score (nSPS) is 20.1. The molecule has 1 aromatic rings. The van der Waals surface area contributed by atoms with Gasteiger partial charge in [-0.3, -0.25) is 4.79 Å². The molecule has 0 amide bonds. The molecule has 2 rings (SSSR count). The van der Waals surface area contributed by atoms with Crippen LogP contribution in [0.25, 0.3) is 0 Å². The molecule has 1 aliphatic heterocycles. The van der Waals surface area contributed by atoms with Crippen LogP contribution in [0.1, 0.15) is 25.5 Å². The van der Waals surface area contributed by atoms with E-state index in [9.17, 15) is 18.0 Å². The van der Waals surface area contributed by atoms with E-state index in [0.29, 0.717) is 19.4 Å². The maximum Gasteiger partial charge on any atom is 0.433 e. The Morgan fingerprint density at radius 3 is 2.70 bits per heavy atom. The van der Waals surface area contributed by atoms with Crippen LogP contribution in [-0.4, -0.2) is 35.4 Å². The van der Waals surface area contributed by atoms with Crippen LogP contribution in [0.15, 0.2) is 6.07 Å². The van der Waals surface area contributed by atoms with Crippen LogP contribution >= 0.6 is 0 Å². The molecule has 0 unspecified atom stereocenters. The van der Waals surface area contributed by atoms with Crippen molar-refractivity contribution in [3.63, 3.8) is 0 Å². The van der Waals surface area contributed by atoms with E-state index >= 15 is 0 Å². The fourth-order valence-electron chi connectivity index (χ4n) is 2.06. The van der Waals surface area contributed by atoms with Gasteiger partial charge in [-0.15, -0.1) is 0 Å². The number of Topliss-reactive ketones (excluding diaryl/α,β-unsaturated/α-hetero) is 1. The minimum absolute atomic E-state index is 0.0313. The number of hydrogen-bond acceptors (Lipinski definition) is 5. The number of rotatable bonds is 2. The van der Waals surface area contributed by atoms with Gasteiger partial charge in [-0.25, -0.2) is 4.98 Å². The van der Waals surface area contributed by atoms with Crippen LogP contribution in [0, 0.1) is 0 Å². The van der Waals surface area contributed by atoms with Crippen LogP contribution in [-0.2, 0) is 11.0 Å². The molecule has 20 heavy (non-hydrogen) atoms. The number of alkyl halides is 3. The van der Waals surface area contributed by atoms with E-state index in [1.54, 1.807) is 6.92 Å². The molecule has 0 N–H and O–H groups in total. The lowest BCUT2D eigenvalue weighted by molar-refractivity contribution is -0.141. The maximum absolute atomic E-state index is 12.8. The smallest absolute Gasteiger partial charge is 0.433 e. The molecule has 1 aromatic heterocycles. The molecule has 0 radical (unpaired) electrons. The highest BCUT2D eigenvalue weighted by Gasteiger charge is 2.36. The number of methoxy groups -OCH3 is 1. The summed E-state index contributed by atoms with van der Waals surface area (Å²) in [7, 11) is 1.23. The van der Waals surface area contributed by atoms with Gasteiger partial charge in [-0.1, -0.05) is 0 Å². The number of ketones is 1. The molecule has 5 nitrogen and oxygen atoms in total. The van der Waals surface area contributed by atoms with Crippen LogP contribution in [0.3, 0.4) is 0 Å². The first-order valence-electron chi connectivity index (χ1n) is 6.12. The average Bonchev–Trinajstić information content (AvgIpc) is 2.40. The predicted octanol–water partition coefficient (Wildman–Crippen LogP) is 2.06. The van der Waals surface area contributed by atoms with Crippen molar-refractivity contribution in [3.8, 4) is 5.88 Å². The van der Waals surface area contributed by atoms with Crippen molar-refractivity contribution >= 4 is 11.7 Å². The highest BCUT2D eigenvalue weighted by Crippen LogP contribution is 2.31. The summed E-state index contributed by atoms with van der Waals surface area (Å²) >= 11 is 0. The summed E-state index contributed by atoms with van der Waals surface area (Å²) < 4.78 is 43.2. The summed E-state index contributed by atoms with van der Waals surface area (Å²) in [6.45, 7) is 2.08. The second-order valence-electron chi connectivity index (χ2n) is 4.53. The van der Waals surface area contributed by atoms with Crippen molar-refractivity contribution in [1.82, 2.24) is 9.97 Å². The SMILES string of the molecule is COc1cc(C(F)(F)F)nc(N2CCCC(=O)[C@@H]2C)n1. The Morgan fingerprint density at radius 1 is 1.40 bits per heavy atom. The van der Waals surface area contributed by atoms with Crippen LogP contribution < -0.4 is 9.64 Å². The van der Waals surface area contributed by atoms with Crippen LogP contribution in [0.5, 0.6) is 5.88 Å². The lowest BCUT2D eigenvalue weighted by atomic mass is 10.0. The van der Waals surface area contributed by atoms with Crippen molar-refractivity contribution in [2.45, 2.75) is 32.0 Å². The van der Waals surface area contributed by atoms with E-state index in [1.807, 2.05) is 0 Å². The van der Waals surface area contributed by atoms with Gasteiger partial charge < -0.3 is 9.64 Å². The number of aromatic nitrogens is 2. The summed E-state index contributed by atoms with van der Waals surface area (Å²) in [6.07, 6.45) is -3.59. The monoisotopic (exact) mass is 289 g/mol. The van der Waals surface area contributed by atoms with Crippen molar-refractivity contribution in [2.24, 2.45) is 0 Å². The van der Waals surface area contributed by atoms with E-state index < -0.39 is 17.9 Å². The molecular formula is C12H14F3N3O2. The summed E-state index contributed by atoms with van der Waals surface area (Å²) in [4.78, 5) is 20.6. The van der Waals surface area contributed by atoms with Crippen molar-refractivity contribution in [2.75, 3.05) is 18.6 Å². The molecule has 2 heterocycles. The second kappa shape index (κ2) is 5.26. The molecular weight excluding hydrogens is 275 g/mol. The molecule has 110 valence electrons. The van der Waals surface area contributed by atoms with E-state index in [4.69, 9.17) is 4.74 Å². The average molecular weight is 289 g/mol. The van der Waals surface area contributed by atoms with Gasteiger partial charge in [0.2, 0.25) is 11.8 Å². The largest absolute Gasteiger partial charge is 0.481 e. The number of nitrogens with zero attached hydrogens (tertiary/aromatic N) is 3. The molecule has 1 saturated heterocycles. The van der Waals surface area contributed by atoms with E-state index in [2.05, 4.69) is 9.97 Å². The van der Waals surface area contributed by atoms with Crippen molar-refractivity contribution in [1.29, 1.82) is 0 Å². The molecule has 1 atom stereocenters. The Hall–Kier alpha value is -1.86.